The van der Waals surface area contributed by atoms with E-state index in [0.29, 0.717) is 17.2 Å². The fourth-order valence-electron chi connectivity index (χ4n) is 3.58. The van der Waals surface area contributed by atoms with E-state index in [4.69, 9.17) is 10.5 Å². The predicted molar refractivity (Wildman–Crippen MR) is 105 cm³/mol. The zero-order chi connectivity index (χ0) is 19.2. The maximum atomic E-state index is 12.8. The van der Waals surface area contributed by atoms with Gasteiger partial charge in [-0.1, -0.05) is 24.3 Å². The Morgan fingerprint density at radius 2 is 1.89 bits per heavy atom. The highest BCUT2D eigenvalue weighted by molar-refractivity contribution is 5.96. The quantitative estimate of drug-likeness (QED) is 0.850. The highest BCUT2D eigenvalue weighted by atomic mass is 16.5. The van der Waals surface area contributed by atoms with Gasteiger partial charge in [-0.2, -0.15) is 0 Å². The minimum Gasteiger partial charge on any atom is -0.496 e. The van der Waals surface area contributed by atoms with E-state index in [0.717, 1.165) is 38.1 Å². The molecule has 1 heterocycles. The van der Waals surface area contributed by atoms with E-state index >= 15 is 0 Å². The summed E-state index contributed by atoms with van der Waals surface area (Å²) in [6, 6.07) is 14.3. The number of hydrogen-bond donors (Lipinski definition) is 2. The molecule has 6 heteroatoms. The Morgan fingerprint density at radius 1 is 1.15 bits per heavy atom. The second-order valence-corrected chi connectivity index (χ2v) is 6.82. The van der Waals surface area contributed by atoms with Gasteiger partial charge in [-0.3, -0.25) is 4.79 Å². The molecule has 3 amide bonds. The largest absolute Gasteiger partial charge is 0.496 e. The molecule has 1 aliphatic rings. The van der Waals surface area contributed by atoms with Gasteiger partial charge in [-0.25, -0.2) is 4.79 Å². The van der Waals surface area contributed by atoms with Crippen LogP contribution in [-0.4, -0.2) is 37.0 Å². The number of piperidine rings is 1. The lowest BCUT2D eigenvalue weighted by molar-refractivity contribution is 0.0690. The first-order chi connectivity index (χ1) is 13.1. The van der Waals surface area contributed by atoms with Gasteiger partial charge < -0.3 is 20.7 Å². The van der Waals surface area contributed by atoms with E-state index in [2.05, 4.69) is 11.4 Å². The second-order valence-electron chi connectivity index (χ2n) is 6.82. The standard InChI is InChI=1S/C21H25N3O3/c1-27-19-8-3-2-5-16(19)13-15-9-11-24(12-10-15)20(25)17-6-4-7-18(14-17)23-21(22)26/h2-8,14-15H,9-13H2,1H3,(H3,22,23,26). The van der Waals surface area contributed by atoms with E-state index in [1.54, 1.807) is 31.4 Å². The number of carbonyl (C=O) groups is 2. The van der Waals surface area contributed by atoms with Gasteiger partial charge in [0, 0.05) is 24.3 Å². The molecule has 0 bridgehead atoms. The number of ether oxygens (including phenoxy) is 1. The first-order valence-electron chi connectivity index (χ1n) is 9.14. The van der Waals surface area contributed by atoms with Gasteiger partial charge in [0.15, 0.2) is 0 Å². The van der Waals surface area contributed by atoms with Crippen molar-refractivity contribution < 1.29 is 14.3 Å². The lowest BCUT2D eigenvalue weighted by Gasteiger charge is -2.32. The first-order valence-corrected chi connectivity index (χ1v) is 9.14. The number of anilines is 1. The highest BCUT2D eigenvalue weighted by Gasteiger charge is 2.24. The van der Waals surface area contributed by atoms with Gasteiger partial charge in [0.05, 0.1) is 7.11 Å². The summed E-state index contributed by atoms with van der Waals surface area (Å²) >= 11 is 0. The number of likely N-dealkylation sites (tertiary alicyclic amines) is 1. The molecule has 1 aliphatic heterocycles. The average molecular weight is 367 g/mol. The van der Waals surface area contributed by atoms with Crippen LogP contribution in [0.2, 0.25) is 0 Å². The minimum absolute atomic E-state index is 0.0149. The van der Waals surface area contributed by atoms with Crippen LogP contribution >= 0.6 is 0 Å². The van der Waals surface area contributed by atoms with Crippen LogP contribution in [0.25, 0.3) is 0 Å². The number of benzene rings is 2. The van der Waals surface area contributed by atoms with Crippen LogP contribution in [0, 0.1) is 5.92 Å². The molecule has 0 saturated carbocycles. The summed E-state index contributed by atoms with van der Waals surface area (Å²) < 4.78 is 5.44. The van der Waals surface area contributed by atoms with Gasteiger partial charge in [0.25, 0.3) is 5.91 Å². The smallest absolute Gasteiger partial charge is 0.316 e. The SMILES string of the molecule is COc1ccccc1CC1CCN(C(=O)c2cccc(NC(N)=O)c2)CC1. The summed E-state index contributed by atoms with van der Waals surface area (Å²) in [6.07, 6.45) is 2.89. The molecule has 0 aromatic heterocycles. The predicted octanol–water partition coefficient (Wildman–Crippen LogP) is 3.28. The Hall–Kier alpha value is -3.02. The van der Waals surface area contributed by atoms with Gasteiger partial charge in [-0.15, -0.1) is 0 Å². The Balaban J connectivity index is 1.59. The number of nitrogens with one attached hydrogen (secondary N) is 1. The maximum Gasteiger partial charge on any atom is 0.316 e. The summed E-state index contributed by atoms with van der Waals surface area (Å²) in [5.74, 6) is 1.45. The van der Waals surface area contributed by atoms with Crippen molar-refractivity contribution in [2.75, 3.05) is 25.5 Å². The van der Waals surface area contributed by atoms with Crippen molar-refractivity contribution in [1.29, 1.82) is 0 Å². The molecule has 1 saturated heterocycles. The number of carbonyl (C=O) groups excluding carboxylic acids is 2. The van der Waals surface area contributed by atoms with Crippen LogP contribution in [0.4, 0.5) is 10.5 Å². The zero-order valence-corrected chi connectivity index (χ0v) is 15.5. The number of para-hydroxylation sites is 1. The molecule has 2 aromatic carbocycles. The number of hydrogen-bond acceptors (Lipinski definition) is 3. The minimum atomic E-state index is -0.642. The van der Waals surface area contributed by atoms with E-state index in [1.165, 1.54) is 5.56 Å². The van der Waals surface area contributed by atoms with E-state index in [9.17, 15) is 9.59 Å². The van der Waals surface area contributed by atoms with E-state index < -0.39 is 6.03 Å². The average Bonchev–Trinajstić information content (AvgIpc) is 2.68. The normalized spacial score (nSPS) is 14.6. The summed E-state index contributed by atoms with van der Waals surface area (Å²) in [5, 5.41) is 2.50. The molecule has 3 rings (SSSR count). The van der Waals surface area contributed by atoms with Crippen molar-refractivity contribution in [1.82, 2.24) is 4.90 Å². The lowest BCUT2D eigenvalue weighted by atomic mass is 9.89. The molecule has 0 atom stereocenters. The Morgan fingerprint density at radius 3 is 2.59 bits per heavy atom. The molecule has 2 aromatic rings. The highest BCUT2D eigenvalue weighted by Crippen LogP contribution is 2.27. The van der Waals surface area contributed by atoms with Gasteiger partial charge in [-0.05, 0) is 55.0 Å². The summed E-state index contributed by atoms with van der Waals surface area (Å²) in [5.41, 5.74) is 7.44. The molecule has 142 valence electrons. The molecular formula is C21H25N3O3. The Kier molecular flexibility index (Phi) is 5.96. The number of methoxy groups -OCH3 is 1. The third kappa shape index (κ3) is 4.78. The number of rotatable bonds is 5. The summed E-state index contributed by atoms with van der Waals surface area (Å²) in [4.78, 5) is 25.6. The Bertz CT molecular complexity index is 814. The lowest BCUT2D eigenvalue weighted by Crippen LogP contribution is -2.39. The van der Waals surface area contributed by atoms with Crippen molar-refractivity contribution in [3.8, 4) is 5.75 Å². The van der Waals surface area contributed by atoms with Gasteiger partial charge in [0.2, 0.25) is 0 Å². The molecule has 0 aliphatic carbocycles. The number of primary amides is 1. The van der Waals surface area contributed by atoms with E-state index in [-0.39, 0.29) is 5.91 Å². The maximum absolute atomic E-state index is 12.8. The molecule has 6 nitrogen and oxygen atoms in total. The van der Waals surface area contributed by atoms with Crippen LogP contribution in [0.15, 0.2) is 48.5 Å². The van der Waals surface area contributed by atoms with Gasteiger partial charge in [0.1, 0.15) is 5.75 Å². The fraction of sp³-hybridized carbons (Fsp3) is 0.333. The van der Waals surface area contributed by atoms with Crippen molar-refractivity contribution in [2.45, 2.75) is 19.3 Å². The number of urea groups is 1. The number of nitrogens with two attached hydrogens (primary N) is 1. The second kappa shape index (κ2) is 8.58. The molecule has 1 fully saturated rings. The van der Waals surface area contributed by atoms with Crippen LogP contribution in [0.1, 0.15) is 28.8 Å². The topological polar surface area (TPSA) is 84.7 Å². The van der Waals surface area contributed by atoms with Crippen molar-refractivity contribution in [3.63, 3.8) is 0 Å². The van der Waals surface area contributed by atoms with E-state index in [1.807, 2.05) is 23.1 Å². The fourth-order valence-corrected chi connectivity index (χ4v) is 3.58. The molecule has 3 N–H and O–H groups in total. The zero-order valence-electron chi connectivity index (χ0n) is 15.5. The molecule has 0 spiro atoms. The van der Waals surface area contributed by atoms with Crippen molar-refractivity contribution in [2.24, 2.45) is 11.7 Å². The Labute approximate surface area is 159 Å². The van der Waals surface area contributed by atoms with Crippen LogP contribution in [0.3, 0.4) is 0 Å². The van der Waals surface area contributed by atoms with Crippen LogP contribution in [0.5, 0.6) is 5.75 Å². The van der Waals surface area contributed by atoms with Crippen LogP contribution < -0.4 is 15.8 Å². The monoisotopic (exact) mass is 367 g/mol. The van der Waals surface area contributed by atoms with Crippen molar-refractivity contribution in [3.05, 3.63) is 59.7 Å². The summed E-state index contributed by atoms with van der Waals surface area (Å²) in [7, 11) is 1.70. The molecule has 27 heavy (non-hydrogen) atoms. The summed E-state index contributed by atoms with van der Waals surface area (Å²) in [6.45, 7) is 1.46. The molecule has 0 unspecified atom stereocenters. The number of nitrogens with zero attached hydrogens (tertiary/aromatic N) is 1. The first kappa shape index (κ1) is 18.8. The molecule has 0 radical (unpaired) electrons. The van der Waals surface area contributed by atoms with Gasteiger partial charge >= 0.3 is 6.03 Å². The molecular weight excluding hydrogens is 342 g/mol. The third-order valence-corrected chi connectivity index (χ3v) is 4.98. The third-order valence-electron chi connectivity index (χ3n) is 4.98. The van der Waals surface area contributed by atoms with Crippen molar-refractivity contribution >= 4 is 17.6 Å². The number of amides is 3. The van der Waals surface area contributed by atoms with Crippen LogP contribution in [-0.2, 0) is 6.42 Å².